The summed E-state index contributed by atoms with van der Waals surface area (Å²) in [5.41, 5.74) is 0. The summed E-state index contributed by atoms with van der Waals surface area (Å²) in [6.07, 6.45) is 6.27. The molecule has 2 atom stereocenters. The Morgan fingerprint density at radius 2 is 2.10 bits per heavy atom. The van der Waals surface area contributed by atoms with Crippen molar-refractivity contribution in [2.45, 2.75) is 57.1 Å². The van der Waals surface area contributed by atoms with Crippen molar-refractivity contribution in [1.29, 1.82) is 0 Å². The molecule has 0 aromatic rings. The third kappa shape index (κ3) is 5.63. The van der Waals surface area contributed by atoms with E-state index in [1.54, 1.807) is 0 Å². The largest absolute Gasteiger partial charge is 0.481 e. The molecular weight excluding hydrogens is 272 g/mol. The number of aliphatic carboxylic acids is 1. The highest BCUT2D eigenvalue weighted by Crippen LogP contribution is 2.20. The summed E-state index contributed by atoms with van der Waals surface area (Å²) < 4.78 is 5.49. The first-order chi connectivity index (χ1) is 10.1. The minimum atomic E-state index is -0.761. The molecule has 2 rings (SSSR count). The quantitative estimate of drug-likeness (QED) is 0.733. The van der Waals surface area contributed by atoms with E-state index in [4.69, 9.17) is 9.84 Å². The van der Waals surface area contributed by atoms with Crippen LogP contribution >= 0.6 is 0 Å². The zero-order valence-electron chi connectivity index (χ0n) is 12.6. The minimum absolute atomic E-state index is 0.0210. The fourth-order valence-corrected chi connectivity index (χ4v) is 3.16. The predicted octanol–water partition coefficient (Wildman–Crippen LogP) is 1.00. The van der Waals surface area contributed by atoms with E-state index in [1.807, 2.05) is 0 Å². The predicted molar refractivity (Wildman–Crippen MR) is 78.1 cm³/mol. The van der Waals surface area contributed by atoms with Crippen LogP contribution in [0.3, 0.4) is 0 Å². The maximum absolute atomic E-state index is 12.0. The highest BCUT2D eigenvalue weighted by atomic mass is 16.5. The average molecular weight is 298 g/mol. The Morgan fingerprint density at radius 3 is 2.81 bits per heavy atom. The lowest BCUT2D eigenvalue weighted by atomic mass is 9.98. The van der Waals surface area contributed by atoms with E-state index in [-0.39, 0.29) is 24.5 Å². The fraction of sp³-hybridized carbons (Fsp3) is 0.867. The van der Waals surface area contributed by atoms with Gasteiger partial charge in [-0.3, -0.25) is 14.5 Å². The van der Waals surface area contributed by atoms with Gasteiger partial charge in [0.25, 0.3) is 0 Å². The number of amides is 1. The summed E-state index contributed by atoms with van der Waals surface area (Å²) in [5.74, 6) is -0.740. The van der Waals surface area contributed by atoms with Crippen molar-refractivity contribution in [3.63, 3.8) is 0 Å². The number of carbonyl (C=O) groups excluding carboxylic acids is 1. The number of carbonyl (C=O) groups is 2. The molecule has 21 heavy (non-hydrogen) atoms. The summed E-state index contributed by atoms with van der Waals surface area (Å²) in [7, 11) is 0. The van der Waals surface area contributed by atoms with Gasteiger partial charge in [0.2, 0.25) is 5.91 Å². The molecule has 2 heterocycles. The number of ether oxygens (including phenoxy) is 1. The zero-order valence-corrected chi connectivity index (χ0v) is 12.6. The van der Waals surface area contributed by atoms with E-state index in [0.29, 0.717) is 19.5 Å². The lowest BCUT2D eigenvalue weighted by Gasteiger charge is -2.35. The molecule has 2 aliphatic heterocycles. The van der Waals surface area contributed by atoms with Crippen LogP contribution in [-0.4, -0.2) is 60.3 Å². The van der Waals surface area contributed by atoms with Crippen LogP contribution in [0, 0.1) is 0 Å². The van der Waals surface area contributed by atoms with Gasteiger partial charge in [0.15, 0.2) is 0 Å². The highest BCUT2D eigenvalue weighted by Gasteiger charge is 2.25. The molecule has 0 saturated carbocycles. The van der Waals surface area contributed by atoms with Crippen LogP contribution in [0.5, 0.6) is 0 Å². The summed E-state index contributed by atoms with van der Waals surface area (Å²) in [6, 6.07) is 0.225. The van der Waals surface area contributed by atoms with E-state index >= 15 is 0 Å². The second-order valence-electron chi connectivity index (χ2n) is 5.99. The molecule has 2 aliphatic rings. The Bertz CT molecular complexity index is 356. The molecule has 2 N–H and O–H groups in total. The molecule has 1 amide bonds. The topological polar surface area (TPSA) is 78.9 Å². The number of hydrogen-bond donors (Lipinski definition) is 2. The second kappa shape index (κ2) is 8.34. The summed E-state index contributed by atoms with van der Waals surface area (Å²) in [6.45, 7) is 2.64. The molecule has 6 nitrogen and oxygen atoms in total. The molecular formula is C15H26N2O4. The van der Waals surface area contributed by atoms with Crippen LogP contribution in [0.2, 0.25) is 0 Å². The van der Waals surface area contributed by atoms with Gasteiger partial charge < -0.3 is 15.2 Å². The summed E-state index contributed by atoms with van der Waals surface area (Å²) in [4.78, 5) is 24.9. The molecule has 0 radical (unpaired) electrons. The standard InChI is InChI=1S/C15H26N2O4/c18-14(16-10-13-5-3-9-21-13)11-17-8-2-1-4-12(17)6-7-15(19)20/h12-13H,1-11H2,(H,16,18)(H,19,20). The number of likely N-dealkylation sites (tertiary alicyclic amines) is 1. The average Bonchev–Trinajstić information content (AvgIpc) is 2.97. The molecule has 6 heteroatoms. The normalized spacial score (nSPS) is 26.7. The number of rotatable bonds is 7. The highest BCUT2D eigenvalue weighted by molar-refractivity contribution is 5.78. The lowest BCUT2D eigenvalue weighted by molar-refractivity contribution is -0.137. The maximum atomic E-state index is 12.0. The van der Waals surface area contributed by atoms with E-state index in [0.717, 1.165) is 45.3 Å². The van der Waals surface area contributed by atoms with E-state index in [1.165, 1.54) is 0 Å². The summed E-state index contributed by atoms with van der Waals surface area (Å²) >= 11 is 0. The molecule has 0 bridgehead atoms. The van der Waals surface area contributed by atoms with Crippen LogP contribution in [-0.2, 0) is 14.3 Å². The minimum Gasteiger partial charge on any atom is -0.481 e. The van der Waals surface area contributed by atoms with Crippen LogP contribution in [0.4, 0.5) is 0 Å². The Hall–Kier alpha value is -1.14. The number of carboxylic acids is 1. The van der Waals surface area contributed by atoms with Gasteiger partial charge in [-0.15, -0.1) is 0 Å². The number of nitrogens with zero attached hydrogens (tertiary/aromatic N) is 1. The van der Waals surface area contributed by atoms with Gasteiger partial charge in [0.05, 0.1) is 12.6 Å². The van der Waals surface area contributed by atoms with Crippen molar-refractivity contribution in [3.05, 3.63) is 0 Å². The fourth-order valence-electron chi connectivity index (χ4n) is 3.16. The molecule has 2 saturated heterocycles. The lowest BCUT2D eigenvalue weighted by Crippen LogP contribution is -2.46. The number of piperidine rings is 1. The molecule has 2 fully saturated rings. The first-order valence-corrected chi connectivity index (χ1v) is 7.99. The van der Waals surface area contributed by atoms with Crippen molar-refractivity contribution >= 4 is 11.9 Å². The Balaban J connectivity index is 1.72. The monoisotopic (exact) mass is 298 g/mol. The van der Waals surface area contributed by atoms with Crippen LogP contribution in [0.15, 0.2) is 0 Å². The SMILES string of the molecule is O=C(O)CCC1CCCCN1CC(=O)NCC1CCCO1. The van der Waals surface area contributed by atoms with Crippen molar-refractivity contribution in [2.75, 3.05) is 26.2 Å². The van der Waals surface area contributed by atoms with Gasteiger partial charge in [0, 0.05) is 25.6 Å². The van der Waals surface area contributed by atoms with E-state index in [9.17, 15) is 9.59 Å². The second-order valence-corrected chi connectivity index (χ2v) is 5.99. The number of nitrogens with one attached hydrogen (secondary N) is 1. The van der Waals surface area contributed by atoms with Gasteiger partial charge in [0.1, 0.15) is 0 Å². The van der Waals surface area contributed by atoms with E-state index < -0.39 is 5.97 Å². The number of carboxylic acid groups (broad SMARTS) is 1. The Labute approximate surface area is 125 Å². The van der Waals surface area contributed by atoms with Crippen LogP contribution in [0.25, 0.3) is 0 Å². The molecule has 120 valence electrons. The first-order valence-electron chi connectivity index (χ1n) is 7.99. The molecule has 0 aromatic carbocycles. The first kappa shape index (κ1) is 16.2. The smallest absolute Gasteiger partial charge is 0.303 e. The third-order valence-electron chi connectivity index (χ3n) is 4.34. The van der Waals surface area contributed by atoms with Crippen molar-refractivity contribution < 1.29 is 19.4 Å². The van der Waals surface area contributed by atoms with Crippen LogP contribution in [0.1, 0.15) is 44.9 Å². The Kier molecular flexibility index (Phi) is 6.45. The van der Waals surface area contributed by atoms with Crippen LogP contribution < -0.4 is 5.32 Å². The number of hydrogen-bond acceptors (Lipinski definition) is 4. The molecule has 2 unspecified atom stereocenters. The maximum Gasteiger partial charge on any atom is 0.303 e. The van der Waals surface area contributed by atoms with Gasteiger partial charge in [-0.25, -0.2) is 0 Å². The van der Waals surface area contributed by atoms with E-state index in [2.05, 4.69) is 10.2 Å². The van der Waals surface area contributed by atoms with Crippen molar-refractivity contribution in [3.8, 4) is 0 Å². The van der Waals surface area contributed by atoms with Gasteiger partial charge in [-0.1, -0.05) is 6.42 Å². The van der Waals surface area contributed by atoms with Crippen molar-refractivity contribution in [2.24, 2.45) is 0 Å². The summed E-state index contributed by atoms with van der Waals surface area (Å²) in [5, 5.41) is 11.7. The van der Waals surface area contributed by atoms with Gasteiger partial charge in [-0.05, 0) is 38.6 Å². The molecule has 0 aromatic heterocycles. The van der Waals surface area contributed by atoms with Gasteiger partial charge in [-0.2, -0.15) is 0 Å². The zero-order chi connectivity index (χ0) is 15.1. The van der Waals surface area contributed by atoms with Crippen molar-refractivity contribution in [1.82, 2.24) is 10.2 Å². The molecule has 0 aliphatic carbocycles. The Morgan fingerprint density at radius 1 is 1.24 bits per heavy atom. The molecule has 0 spiro atoms. The van der Waals surface area contributed by atoms with Gasteiger partial charge >= 0.3 is 5.97 Å². The third-order valence-corrected chi connectivity index (χ3v) is 4.34.